The molecule has 0 saturated heterocycles. The number of halogens is 4. The molecule has 0 heterocycles. The monoisotopic (exact) mass is 547 g/mol. The van der Waals surface area contributed by atoms with E-state index in [1.165, 1.54) is 12.1 Å². The fourth-order valence-corrected chi connectivity index (χ4v) is 3.19. The molecule has 0 saturated carbocycles. The maximum Gasteiger partial charge on any atom is 0.416 e. The quantitative estimate of drug-likeness (QED) is 0.109. The smallest absolute Gasteiger partial charge is 0.416 e. The molecule has 0 unspecified atom stereocenters. The van der Waals surface area contributed by atoms with Crippen LogP contribution >= 0.6 is 15.9 Å². The van der Waals surface area contributed by atoms with Gasteiger partial charge in [-0.3, -0.25) is 10.1 Å². The van der Waals surface area contributed by atoms with Gasteiger partial charge in [-0.15, -0.1) is 0 Å². The highest BCUT2D eigenvalue weighted by Crippen LogP contribution is 2.44. The standard InChI is InChI=1S/C21H17BrF3NO8/c1-4-33-17-9-11(7-13(19(27)31-2)20(28)32-3)8-14(22)18(17)34-16-6-5-12(21(23,24)25)10-15(16)26(29)30/h5-10H,4H2,1-3H3. The molecule has 0 aliphatic rings. The zero-order valence-electron chi connectivity index (χ0n) is 17.9. The van der Waals surface area contributed by atoms with Gasteiger partial charge in [-0.1, -0.05) is 0 Å². The highest BCUT2D eigenvalue weighted by atomic mass is 79.9. The van der Waals surface area contributed by atoms with Crippen LogP contribution in [-0.2, 0) is 25.2 Å². The number of nitro groups is 1. The van der Waals surface area contributed by atoms with Crippen molar-refractivity contribution in [1.29, 1.82) is 0 Å². The summed E-state index contributed by atoms with van der Waals surface area (Å²) in [6.45, 7) is 1.75. The van der Waals surface area contributed by atoms with E-state index in [0.29, 0.717) is 12.1 Å². The number of nitrogens with zero attached hydrogens (tertiary/aromatic N) is 1. The van der Waals surface area contributed by atoms with Crippen molar-refractivity contribution < 1.29 is 46.6 Å². The van der Waals surface area contributed by atoms with E-state index in [1.807, 2.05) is 0 Å². The summed E-state index contributed by atoms with van der Waals surface area (Å²) in [6.07, 6.45) is -3.62. The molecule has 0 aliphatic carbocycles. The van der Waals surface area contributed by atoms with E-state index in [4.69, 9.17) is 9.47 Å². The van der Waals surface area contributed by atoms with E-state index in [9.17, 15) is 32.9 Å². The topological polar surface area (TPSA) is 114 Å². The van der Waals surface area contributed by atoms with Crippen LogP contribution in [0.1, 0.15) is 18.1 Å². The Kier molecular flexibility index (Phi) is 8.62. The SMILES string of the molecule is CCOc1cc(C=C(C(=O)OC)C(=O)OC)cc(Br)c1Oc1ccc(C(F)(F)F)cc1[N+](=O)[O-]. The summed E-state index contributed by atoms with van der Waals surface area (Å²) in [5.74, 6) is -2.44. The molecule has 13 heteroatoms. The van der Waals surface area contributed by atoms with Crippen LogP contribution in [0.3, 0.4) is 0 Å². The average Bonchev–Trinajstić information content (AvgIpc) is 2.78. The second kappa shape index (κ2) is 11.0. The highest BCUT2D eigenvalue weighted by molar-refractivity contribution is 9.10. The Morgan fingerprint density at radius 3 is 2.21 bits per heavy atom. The first-order valence-corrected chi connectivity index (χ1v) is 10.1. The summed E-state index contributed by atoms with van der Waals surface area (Å²) < 4.78 is 59.3. The number of alkyl halides is 3. The third-order valence-electron chi connectivity index (χ3n) is 4.15. The van der Waals surface area contributed by atoms with Crippen molar-refractivity contribution in [3.8, 4) is 17.2 Å². The van der Waals surface area contributed by atoms with Gasteiger partial charge in [-0.2, -0.15) is 13.2 Å². The van der Waals surface area contributed by atoms with Crippen molar-refractivity contribution in [2.75, 3.05) is 20.8 Å². The van der Waals surface area contributed by atoms with Gasteiger partial charge in [0.1, 0.15) is 5.57 Å². The number of benzene rings is 2. The molecule has 9 nitrogen and oxygen atoms in total. The van der Waals surface area contributed by atoms with Gasteiger partial charge in [0.2, 0.25) is 5.75 Å². The minimum Gasteiger partial charge on any atom is -0.490 e. The molecule has 0 radical (unpaired) electrons. The number of carbonyl (C=O) groups is 2. The van der Waals surface area contributed by atoms with Gasteiger partial charge in [0.25, 0.3) is 0 Å². The Morgan fingerprint density at radius 2 is 1.71 bits per heavy atom. The molecule has 0 bridgehead atoms. The molecule has 0 atom stereocenters. The molecule has 34 heavy (non-hydrogen) atoms. The molecular weight excluding hydrogens is 531 g/mol. The van der Waals surface area contributed by atoms with E-state index in [1.54, 1.807) is 6.92 Å². The third-order valence-corrected chi connectivity index (χ3v) is 4.74. The lowest BCUT2D eigenvalue weighted by Crippen LogP contribution is -2.15. The van der Waals surface area contributed by atoms with Gasteiger partial charge in [0.05, 0.1) is 35.8 Å². The first kappa shape index (κ1) is 26.6. The lowest BCUT2D eigenvalue weighted by Gasteiger charge is -2.15. The lowest BCUT2D eigenvalue weighted by atomic mass is 10.1. The number of hydrogen-bond donors (Lipinski definition) is 0. The normalized spacial score (nSPS) is 10.8. The van der Waals surface area contributed by atoms with Gasteiger partial charge >= 0.3 is 23.8 Å². The lowest BCUT2D eigenvalue weighted by molar-refractivity contribution is -0.385. The van der Waals surface area contributed by atoms with Gasteiger partial charge in [0, 0.05) is 6.07 Å². The number of esters is 2. The van der Waals surface area contributed by atoms with Crippen molar-refractivity contribution >= 4 is 39.6 Å². The van der Waals surface area contributed by atoms with Gasteiger partial charge < -0.3 is 18.9 Å². The molecule has 2 rings (SSSR count). The van der Waals surface area contributed by atoms with Crippen molar-refractivity contribution in [2.45, 2.75) is 13.1 Å². The van der Waals surface area contributed by atoms with Crippen LogP contribution in [0.15, 0.2) is 40.4 Å². The van der Waals surface area contributed by atoms with E-state index in [-0.39, 0.29) is 28.1 Å². The largest absolute Gasteiger partial charge is 0.490 e. The minimum absolute atomic E-state index is 0.0198. The van der Waals surface area contributed by atoms with E-state index < -0.39 is 45.6 Å². The number of ether oxygens (including phenoxy) is 4. The fraction of sp³-hybridized carbons (Fsp3) is 0.238. The van der Waals surface area contributed by atoms with Crippen molar-refractivity contribution in [1.82, 2.24) is 0 Å². The maximum absolute atomic E-state index is 13.0. The molecule has 2 aromatic rings. The second-order valence-corrected chi connectivity index (χ2v) is 7.20. The predicted octanol–water partition coefficient (Wildman–Crippen LogP) is 5.30. The molecule has 0 amide bonds. The van der Waals surface area contributed by atoms with Crippen LogP contribution in [-0.4, -0.2) is 37.7 Å². The molecule has 0 fully saturated rings. The first-order valence-electron chi connectivity index (χ1n) is 9.31. The zero-order valence-corrected chi connectivity index (χ0v) is 19.5. The minimum atomic E-state index is -4.79. The van der Waals surface area contributed by atoms with Crippen molar-refractivity contribution in [3.63, 3.8) is 0 Å². The van der Waals surface area contributed by atoms with Crippen LogP contribution < -0.4 is 9.47 Å². The average molecular weight is 548 g/mol. The molecular formula is C21H17BrF3NO8. The third kappa shape index (κ3) is 6.25. The highest BCUT2D eigenvalue weighted by Gasteiger charge is 2.34. The van der Waals surface area contributed by atoms with Crippen molar-refractivity contribution in [2.24, 2.45) is 0 Å². The summed E-state index contributed by atoms with van der Waals surface area (Å²) in [5.41, 5.74) is -2.29. The first-order chi connectivity index (χ1) is 15.9. The van der Waals surface area contributed by atoms with Crippen LogP contribution in [0.5, 0.6) is 17.2 Å². The fourth-order valence-electron chi connectivity index (χ4n) is 2.65. The summed E-state index contributed by atoms with van der Waals surface area (Å²) >= 11 is 3.21. The maximum atomic E-state index is 13.0. The van der Waals surface area contributed by atoms with E-state index >= 15 is 0 Å². The number of rotatable bonds is 8. The number of hydrogen-bond acceptors (Lipinski definition) is 8. The van der Waals surface area contributed by atoms with E-state index in [2.05, 4.69) is 25.4 Å². The second-order valence-electron chi connectivity index (χ2n) is 6.34. The number of methoxy groups -OCH3 is 2. The number of nitro benzene ring substituents is 1. The molecule has 2 aromatic carbocycles. The van der Waals surface area contributed by atoms with E-state index in [0.717, 1.165) is 26.4 Å². The Morgan fingerprint density at radius 1 is 1.09 bits per heavy atom. The number of carbonyl (C=O) groups excluding carboxylic acids is 2. The Labute approximate surface area is 199 Å². The molecule has 0 aromatic heterocycles. The predicted molar refractivity (Wildman–Crippen MR) is 115 cm³/mol. The Balaban J connectivity index is 2.60. The Hall–Kier alpha value is -3.61. The van der Waals surface area contributed by atoms with Crippen LogP contribution in [0, 0.1) is 10.1 Å². The molecule has 0 N–H and O–H groups in total. The molecule has 182 valence electrons. The van der Waals surface area contributed by atoms with Gasteiger partial charge in [-0.05, 0) is 58.8 Å². The van der Waals surface area contributed by atoms with Gasteiger partial charge in [0.15, 0.2) is 11.5 Å². The summed E-state index contributed by atoms with van der Waals surface area (Å²) in [7, 11) is 2.16. The molecule has 0 spiro atoms. The Bertz CT molecular complexity index is 1130. The van der Waals surface area contributed by atoms with Crippen molar-refractivity contribution in [3.05, 3.63) is 61.6 Å². The van der Waals surface area contributed by atoms with Crippen LogP contribution in [0.25, 0.3) is 6.08 Å². The molecule has 0 aliphatic heterocycles. The van der Waals surface area contributed by atoms with Crippen LogP contribution in [0.4, 0.5) is 18.9 Å². The summed E-state index contributed by atoms with van der Waals surface area (Å²) in [6, 6.07) is 4.57. The summed E-state index contributed by atoms with van der Waals surface area (Å²) in [4.78, 5) is 34.2. The summed E-state index contributed by atoms with van der Waals surface area (Å²) in [5, 5.41) is 11.4. The van der Waals surface area contributed by atoms with Gasteiger partial charge in [-0.25, -0.2) is 9.59 Å². The van der Waals surface area contributed by atoms with Crippen LogP contribution in [0.2, 0.25) is 0 Å². The zero-order chi connectivity index (χ0) is 25.6.